The van der Waals surface area contributed by atoms with Crippen molar-refractivity contribution in [2.45, 2.75) is 207 Å². The Hall–Kier alpha value is -4.63. The molecule has 2 N–H and O–H groups in total. The van der Waals surface area contributed by atoms with Gasteiger partial charge in [-0.2, -0.15) is 0 Å². The second kappa shape index (κ2) is 29.0. The zero-order valence-electron chi connectivity index (χ0n) is 43.4. The highest BCUT2D eigenvalue weighted by Crippen LogP contribution is 2.38. The lowest BCUT2D eigenvalue weighted by Crippen LogP contribution is -2.57. The molecule has 4 saturated heterocycles. The minimum absolute atomic E-state index is 0. The fourth-order valence-corrected chi connectivity index (χ4v) is 8.23. The number of likely N-dealkylation sites (tertiary alicyclic amines) is 4. The van der Waals surface area contributed by atoms with Gasteiger partial charge in [-0.25, -0.2) is 4.21 Å². The standard InChI is InChI=1S/C24H38N4O6.C24H36N4O5.3CH4.Cl2OS/c1-7-23(3,4)17(29)21(33)27-13-9-11-15(27)19(31)25-26-20(32)16-12-10-14-28(16)22(34)18(30)24(5,6)8-2;1-7-23(3,4)17(29)21(31)27-13-9-11-15(27)19-25-26-20(33-19)16-12-10-14-28(16)22(32)18(30)24(5,6)8-2;;;;1-4(2)3/h15-16H,7-14H2,1-6H3,(H,25,31)(H,26,32);15-16H,7-14H2,1-6H3;3*1H4;/t2*15-,16-;;;;/m11..../s1. The number of hydrogen-bond donors (Lipinski definition) is 2. The van der Waals surface area contributed by atoms with Crippen LogP contribution in [-0.4, -0.2) is 131 Å². The summed E-state index contributed by atoms with van der Waals surface area (Å²) in [5, 5.41) is 8.35. The molecule has 0 spiro atoms. The number of Topliss-reactive ketones (excluding diaryl/α,β-unsaturated/α-hetero) is 4. The zero-order valence-corrected chi connectivity index (χ0v) is 45.7. The molecule has 0 aromatic carbocycles. The number of hydrogen-bond acceptors (Lipinski definition) is 14. The lowest BCUT2D eigenvalue weighted by molar-refractivity contribution is -0.152. The van der Waals surface area contributed by atoms with E-state index in [4.69, 9.17) is 8.63 Å². The van der Waals surface area contributed by atoms with E-state index in [-0.39, 0.29) is 47.2 Å². The van der Waals surface area contributed by atoms with Crippen LogP contribution in [0.15, 0.2) is 4.42 Å². The highest BCUT2D eigenvalue weighted by atomic mass is 36.0. The Bertz CT molecular complexity index is 2070. The van der Waals surface area contributed by atoms with Crippen molar-refractivity contribution in [3.05, 3.63) is 11.8 Å². The molecule has 0 radical (unpaired) electrons. The van der Waals surface area contributed by atoms with E-state index in [0.29, 0.717) is 77.3 Å². The lowest BCUT2D eigenvalue weighted by Gasteiger charge is -2.29. The molecule has 5 heterocycles. The summed E-state index contributed by atoms with van der Waals surface area (Å²) < 4.78 is 15.0. The summed E-state index contributed by atoms with van der Waals surface area (Å²) in [6, 6.07) is -2.64. The van der Waals surface area contributed by atoms with Crippen LogP contribution in [0.3, 0.4) is 0 Å². The summed E-state index contributed by atoms with van der Waals surface area (Å²) in [5.74, 6) is -4.99. The fourth-order valence-electron chi connectivity index (χ4n) is 8.23. The molecule has 74 heavy (non-hydrogen) atoms. The Morgan fingerprint density at radius 3 is 0.973 bits per heavy atom. The molecule has 0 unspecified atom stereocenters. The van der Waals surface area contributed by atoms with E-state index in [2.05, 4.69) is 42.4 Å². The van der Waals surface area contributed by atoms with Crippen molar-refractivity contribution in [1.82, 2.24) is 40.6 Å². The molecular formula is C51H86Cl2N8O12S. The van der Waals surface area contributed by atoms with E-state index < -0.39 is 114 Å². The number of rotatable bonds is 16. The van der Waals surface area contributed by atoms with E-state index in [0.717, 1.165) is 12.8 Å². The van der Waals surface area contributed by atoms with Crippen molar-refractivity contribution in [3.8, 4) is 0 Å². The number of aromatic nitrogens is 2. The van der Waals surface area contributed by atoms with Gasteiger partial charge in [0.2, 0.25) is 44.1 Å². The van der Waals surface area contributed by atoms with Gasteiger partial charge in [-0.05, 0) is 77.0 Å². The van der Waals surface area contributed by atoms with Crippen LogP contribution in [0.1, 0.15) is 206 Å². The normalized spacial score (nSPS) is 19.6. The SMILES string of the molecule is C.C.C.CCC(C)(C)C(=O)C(=O)N1CCC[C@@H]1C(=O)NNC(=O)[C@H]1CCCN1C(=O)C(=O)C(C)(C)CC.CCC(C)(C)C(=O)C(=O)N1CCC[C@@H]1c1nnc([C@H]2CCCN2C(=O)C(=O)C(C)(C)CC)o1.O=S(Cl)Cl. The van der Waals surface area contributed by atoms with E-state index in [1.807, 2.05) is 27.7 Å². The third kappa shape index (κ3) is 16.7. The monoisotopic (exact) mass is 1100 g/mol. The van der Waals surface area contributed by atoms with Gasteiger partial charge in [0, 0.05) is 69.2 Å². The average Bonchev–Trinajstić information content (AvgIpc) is 4.20. The Labute approximate surface area is 450 Å². The van der Waals surface area contributed by atoms with Gasteiger partial charge in [0.1, 0.15) is 24.2 Å². The van der Waals surface area contributed by atoms with E-state index in [1.165, 1.54) is 19.6 Å². The minimum atomic E-state index is -1.67. The van der Waals surface area contributed by atoms with Gasteiger partial charge in [-0.15, -0.1) is 10.2 Å². The molecule has 20 nitrogen and oxygen atoms in total. The maximum atomic E-state index is 12.9. The maximum Gasteiger partial charge on any atom is 0.291 e. The van der Waals surface area contributed by atoms with Crippen LogP contribution in [-0.2, 0) is 57.2 Å². The van der Waals surface area contributed by atoms with Crippen molar-refractivity contribution >= 4 is 89.2 Å². The van der Waals surface area contributed by atoms with Gasteiger partial charge < -0.3 is 24.0 Å². The quantitative estimate of drug-likeness (QED) is 0.0924. The molecule has 0 aliphatic carbocycles. The Balaban J connectivity index is 0.00000129. The zero-order chi connectivity index (χ0) is 54.0. The summed E-state index contributed by atoms with van der Waals surface area (Å²) >= 11 is 0. The van der Waals surface area contributed by atoms with Crippen molar-refractivity contribution in [1.29, 1.82) is 0 Å². The molecule has 0 bridgehead atoms. The number of hydrazine groups is 1. The van der Waals surface area contributed by atoms with Crippen LogP contribution in [0.4, 0.5) is 0 Å². The lowest BCUT2D eigenvalue weighted by atomic mass is 9.84. The predicted octanol–water partition coefficient (Wildman–Crippen LogP) is 7.48. The molecule has 422 valence electrons. The van der Waals surface area contributed by atoms with Crippen molar-refractivity contribution in [2.24, 2.45) is 21.7 Å². The van der Waals surface area contributed by atoms with Gasteiger partial charge >= 0.3 is 0 Å². The molecule has 6 amide bonds. The summed E-state index contributed by atoms with van der Waals surface area (Å²) in [5.41, 5.74) is 1.58. The van der Waals surface area contributed by atoms with Crippen molar-refractivity contribution < 1.29 is 56.6 Å². The van der Waals surface area contributed by atoms with Crippen LogP contribution in [0, 0.1) is 21.7 Å². The summed E-state index contributed by atoms with van der Waals surface area (Å²) in [6.45, 7) is 22.8. The minimum Gasteiger partial charge on any atom is -0.421 e. The van der Waals surface area contributed by atoms with Gasteiger partial charge in [0.15, 0.2) is 0 Å². The average molecular weight is 1110 g/mol. The molecule has 23 heteroatoms. The molecule has 0 saturated carbocycles. The van der Waals surface area contributed by atoms with Crippen molar-refractivity contribution in [2.75, 3.05) is 26.2 Å². The Morgan fingerprint density at radius 2 is 0.716 bits per heavy atom. The third-order valence-electron chi connectivity index (χ3n) is 14.8. The molecule has 4 aliphatic rings. The first-order valence-corrected chi connectivity index (χ1v) is 27.3. The van der Waals surface area contributed by atoms with Crippen LogP contribution in [0.25, 0.3) is 0 Å². The molecule has 5 rings (SSSR count). The first kappa shape index (κ1) is 69.4. The smallest absolute Gasteiger partial charge is 0.291 e. The van der Waals surface area contributed by atoms with Crippen LogP contribution in [0.5, 0.6) is 0 Å². The number of halogens is 2. The van der Waals surface area contributed by atoms with E-state index >= 15 is 0 Å². The number of nitrogens with zero attached hydrogens (tertiary/aromatic N) is 6. The number of amides is 6. The maximum absolute atomic E-state index is 12.9. The number of nitrogens with one attached hydrogen (secondary N) is 2. The van der Waals surface area contributed by atoms with Crippen molar-refractivity contribution in [3.63, 3.8) is 0 Å². The molecule has 1 aromatic heterocycles. The van der Waals surface area contributed by atoms with Crippen LogP contribution in [0.2, 0.25) is 0 Å². The predicted molar refractivity (Wildman–Crippen MR) is 284 cm³/mol. The second-order valence-electron chi connectivity index (χ2n) is 21.0. The molecular weight excluding hydrogens is 1020 g/mol. The second-order valence-corrected chi connectivity index (χ2v) is 23.6. The number of carbonyl (C=O) groups excluding carboxylic acids is 10. The highest BCUT2D eigenvalue weighted by Gasteiger charge is 2.46. The molecule has 4 aliphatic heterocycles. The molecule has 4 fully saturated rings. The van der Waals surface area contributed by atoms with E-state index in [1.54, 1.807) is 55.4 Å². The van der Waals surface area contributed by atoms with Gasteiger partial charge in [-0.1, -0.05) is 105 Å². The van der Waals surface area contributed by atoms with Crippen LogP contribution < -0.4 is 10.9 Å². The summed E-state index contributed by atoms with van der Waals surface area (Å²) in [7, 11) is 7.36. The summed E-state index contributed by atoms with van der Waals surface area (Å²) in [6.07, 6.45) is 6.75. The van der Waals surface area contributed by atoms with Gasteiger partial charge in [-0.3, -0.25) is 58.8 Å². The third-order valence-corrected chi connectivity index (χ3v) is 14.8. The fraction of sp³-hybridized carbons (Fsp3) is 0.765. The largest absolute Gasteiger partial charge is 0.421 e. The van der Waals surface area contributed by atoms with E-state index in [9.17, 15) is 47.9 Å². The Morgan fingerprint density at radius 1 is 0.486 bits per heavy atom. The summed E-state index contributed by atoms with van der Waals surface area (Å²) in [4.78, 5) is 133. The first-order valence-electron chi connectivity index (χ1n) is 24.5. The topological polar surface area (TPSA) is 264 Å². The Kier molecular flexibility index (Phi) is 27.2. The molecule has 1 aromatic rings. The number of carbonyl (C=O) groups is 10. The first-order chi connectivity index (χ1) is 33.0. The highest BCUT2D eigenvalue weighted by molar-refractivity contribution is 8.26. The van der Waals surface area contributed by atoms with Gasteiger partial charge in [0.05, 0.1) is 0 Å². The van der Waals surface area contributed by atoms with Crippen LogP contribution >= 0.6 is 21.4 Å². The van der Waals surface area contributed by atoms with Gasteiger partial charge in [0.25, 0.3) is 35.4 Å². The molecule has 4 atom stereocenters. The number of ketones is 4.